The number of esters is 2. The average molecular weight is 427 g/mol. The molecule has 0 saturated heterocycles. The van der Waals surface area contributed by atoms with Gasteiger partial charge in [0.1, 0.15) is 20.4 Å². The Morgan fingerprint density at radius 1 is 1.00 bits per heavy atom. The number of aryl methyl sites for hydroxylation is 2. The van der Waals surface area contributed by atoms with Crippen LogP contribution in [0.5, 0.6) is 0 Å². The number of nitrogens with zero attached hydrogens (tertiary/aromatic N) is 2. The molecule has 2 aromatic heterocycles. The monoisotopic (exact) mass is 426 g/mol. The van der Waals surface area contributed by atoms with Gasteiger partial charge in [-0.25, -0.2) is 9.97 Å². The fourth-order valence-electron chi connectivity index (χ4n) is 3.00. The summed E-state index contributed by atoms with van der Waals surface area (Å²) >= 11 is 4.36. The van der Waals surface area contributed by atoms with E-state index < -0.39 is 5.25 Å². The van der Waals surface area contributed by atoms with E-state index in [9.17, 15) is 9.59 Å². The number of thiophene rings is 1. The minimum Gasteiger partial charge on any atom is -0.468 e. The van der Waals surface area contributed by atoms with Gasteiger partial charge >= 0.3 is 11.9 Å². The maximum atomic E-state index is 11.9. The predicted octanol–water partition coefficient (Wildman–Crippen LogP) is 3.88. The highest BCUT2D eigenvalue weighted by molar-refractivity contribution is 8.01. The van der Waals surface area contributed by atoms with E-state index in [4.69, 9.17) is 19.4 Å². The van der Waals surface area contributed by atoms with Crippen LogP contribution in [0.15, 0.2) is 10.2 Å². The van der Waals surface area contributed by atoms with E-state index in [2.05, 4.69) is 0 Å². The smallest absolute Gasteiger partial charge is 0.318 e. The molecule has 1 aliphatic rings. The van der Waals surface area contributed by atoms with Crippen molar-refractivity contribution in [2.75, 3.05) is 14.2 Å². The molecule has 2 aromatic rings. The van der Waals surface area contributed by atoms with Crippen molar-refractivity contribution in [3.05, 3.63) is 10.4 Å². The molecule has 2 unspecified atom stereocenters. The maximum absolute atomic E-state index is 11.9. The number of ether oxygens (including phenoxy) is 2. The van der Waals surface area contributed by atoms with Crippen molar-refractivity contribution < 1.29 is 19.1 Å². The van der Waals surface area contributed by atoms with Gasteiger partial charge in [0.05, 0.1) is 14.2 Å². The van der Waals surface area contributed by atoms with Crippen LogP contribution in [0, 0.1) is 0 Å². The van der Waals surface area contributed by atoms with E-state index in [0.29, 0.717) is 5.16 Å². The molecule has 0 saturated carbocycles. The van der Waals surface area contributed by atoms with Crippen molar-refractivity contribution in [3.63, 3.8) is 0 Å². The van der Waals surface area contributed by atoms with Gasteiger partial charge in [-0.3, -0.25) is 9.59 Å². The summed E-state index contributed by atoms with van der Waals surface area (Å²) in [5.41, 5.74) is 1.32. The molecule has 0 aliphatic heterocycles. The Morgan fingerprint density at radius 2 is 1.63 bits per heavy atom. The summed E-state index contributed by atoms with van der Waals surface area (Å²) in [5.74, 6) is -0.598. The summed E-state index contributed by atoms with van der Waals surface area (Å²) in [5, 5.41) is 1.60. The van der Waals surface area contributed by atoms with Crippen molar-refractivity contribution in [1.29, 1.82) is 0 Å². The van der Waals surface area contributed by atoms with Crippen LogP contribution >= 0.6 is 34.9 Å². The van der Waals surface area contributed by atoms with Crippen LogP contribution in [0.25, 0.3) is 10.2 Å². The molecule has 0 radical (unpaired) electrons. The van der Waals surface area contributed by atoms with Crippen LogP contribution in [0.1, 0.15) is 37.1 Å². The van der Waals surface area contributed by atoms with Gasteiger partial charge < -0.3 is 9.47 Å². The lowest BCUT2D eigenvalue weighted by atomic mass is 9.97. The number of hydrogen-bond acceptors (Lipinski definition) is 9. The second kappa shape index (κ2) is 8.79. The zero-order chi connectivity index (χ0) is 19.6. The van der Waals surface area contributed by atoms with Crippen molar-refractivity contribution in [2.24, 2.45) is 0 Å². The molecule has 0 amide bonds. The SMILES string of the molecule is COC(=O)C(C)Sc1nc(SC(C)C(=O)OC)c2c3c(sc2n1)CCCC3. The Balaban J connectivity index is 2.03. The van der Waals surface area contributed by atoms with E-state index >= 15 is 0 Å². The molecule has 0 N–H and O–H groups in total. The molecule has 9 heteroatoms. The number of carbonyl (C=O) groups excluding carboxylic acids is 2. The highest BCUT2D eigenvalue weighted by Gasteiger charge is 2.25. The van der Waals surface area contributed by atoms with Crippen LogP contribution in [0.4, 0.5) is 0 Å². The highest BCUT2D eigenvalue weighted by Crippen LogP contribution is 2.41. The van der Waals surface area contributed by atoms with Crippen LogP contribution in [-0.2, 0) is 31.9 Å². The maximum Gasteiger partial charge on any atom is 0.318 e. The van der Waals surface area contributed by atoms with E-state index in [1.165, 1.54) is 54.6 Å². The number of fused-ring (bicyclic) bond motifs is 3. The van der Waals surface area contributed by atoms with Crippen LogP contribution in [-0.4, -0.2) is 46.6 Å². The number of rotatable bonds is 6. The molecule has 2 heterocycles. The second-order valence-corrected chi connectivity index (χ2v) is 9.99. The van der Waals surface area contributed by atoms with E-state index in [0.717, 1.165) is 34.5 Å². The lowest BCUT2D eigenvalue weighted by Gasteiger charge is -2.14. The molecule has 0 bridgehead atoms. The van der Waals surface area contributed by atoms with Crippen LogP contribution in [0.2, 0.25) is 0 Å². The third-order valence-corrected chi connectivity index (χ3v) is 7.59. The van der Waals surface area contributed by atoms with Crippen LogP contribution < -0.4 is 0 Å². The Kier molecular flexibility index (Phi) is 6.65. The quantitative estimate of drug-likeness (QED) is 0.298. The summed E-state index contributed by atoms with van der Waals surface area (Å²) in [6, 6.07) is 0. The first-order valence-electron chi connectivity index (χ1n) is 8.75. The highest BCUT2D eigenvalue weighted by atomic mass is 32.2. The summed E-state index contributed by atoms with van der Waals surface area (Å²) in [4.78, 5) is 35.4. The van der Waals surface area contributed by atoms with E-state index in [1.54, 1.807) is 18.3 Å². The number of aromatic nitrogens is 2. The first kappa shape index (κ1) is 20.4. The number of hydrogen-bond donors (Lipinski definition) is 0. The summed E-state index contributed by atoms with van der Waals surface area (Å²) in [6.07, 6.45) is 4.43. The Labute approximate surface area is 170 Å². The van der Waals surface area contributed by atoms with Crippen molar-refractivity contribution >= 4 is 57.0 Å². The van der Waals surface area contributed by atoms with Gasteiger partial charge in [0.25, 0.3) is 0 Å². The minimum atomic E-state index is -0.405. The van der Waals surface area contributed by atoms with E-state index in [1.807, 2.05) is 6.92 Å². The zero-order valence-electron chi connectivity index (χ0n) is 15.7. The van der Waals surface area contributed by atoms with Gasteiger partial charge in [0.2, 0.25) is 0 Å². The fourth-order valence-corrected chi connectivity index (χ4v) is 6.24. The number of thioether (sulfide) groups is 2. The standard InChI is InChI=1S/C18H22N2O4S3/c1-9(16(21)23-3)25-14-13-11-7-5-6-8-12(11)27-15(13)20-18(19-14)26-10(2)17(22)24-4/h9-10H,5-8H2,1-4H3. The van der Waals surface area contributed by atoms with Gasteiger partial charge in [-0.2, -0.15) is 0 Å². The van der Waals surface area contributed by atoms with Crippen molar-refractivity contribution in [2.45, 2.75) is 60.2 Å². The summed E-state index contributed by atoms with van der Waals surface area (Å²) in [7, 11) is 2.76. The summed E-state index contributed by atoms with van der Waals surface area (Å²) in [6.45, 7) is 3.58. The molecule has 2 atom stereocenters. The van der Waals surface area contributed by atoms with Crippen LogP contribution in [0.3, 0.4) is 0 Å². The molecule has 1 aliphatic carbocycles. The molecule has 6 nitrogen and oxygen atoms in total. The molecular weight excluding hydrogens is 404 g/mol. The topological polar surface area (TPSA) is 78.4 Å². The molecule has 0 aromatic carbocycles. The predicted molar refractivity (Wildman–Crippen MR) is 109 cm³/mol. The normalized spacial score (nSPS) is 15.9. The van der Waals surface area contributed by atoms with Gasteiger partial charge in [-0.05, 0) is 45.1 Å². The molecule has 0 spiro atoms. The fraction of sp³-hybridized carbons (Fsp3) is 0.556. The number of carbonyl (C=O) groups is 2. The van der Waals surface area contributed by atoms with E-state index in [-0.39, 0.29) is 17.2 Å². The second-order valence-electron chi connectivity index (χ2n) is 6.27. The minimum absolute atomic E-state index is 0.284. The molecule has 3 rings (SSSR count). The lowest BCUT2D eigenvalue weighted by Crippen LogP contribution is -2.16. The Bertz CT molecular complexity index is 868. The third-order valence-electron chi connectivity index (χ3n) is 4.40. The van der Waals surface area contributed by atoms with Gasteiger partial charge in [0, 0.05) is 10.3 Å². The summed E-state index contributed by atoms with van der Waals surface area (Å²) < 4.78 is 9.66. The zero-order valence-corrected chi connectivity index (χ0v) is 18.2. The Hall–Kier alpha value is -1.32. The average Bonchev–Trinajstić information content (AvgIpc) is 3.04. The van der Waals surface area contributed by atoms with Gasteiger partial charge in [-0.1, -0.05) is 23.5 Å². The molecule has 0 fully saturated rings. The first-order chi connectivity index (χ1) is 12.9. The first-order valence-corrected chi connectivity index (χ1v) is 11.3. The van der Waals surface area contributed by atoms with Gasteiger partial charge in [-0.15, -0.1) is 11.3 Å². The largest absolute Gasteiger partial charge is 0.468 e. The number of methoxy groups -OCH3 is 2. The lowest BCUT2D eigenvalue weighted by molar-refractivity contribution is -0.140. The third kappa shape index (κ3) is 4.41. The Morgan fingerprint density at radius 3 is 2.30 bits per heavy atom. The molecular formula is C18H22N2O4S3. The van der Waals surface area contributed by atoms with Crippen molar-refractivity contribution in [3.8, 4) is 0 Å². The van der Waals surface area contributed by atoms with Gasteiger partial charge in [0.15, 0.2) is 5.16 Å². The molecule has 27 heavy (non-hydrogen) atoms. The van der Waals surface area contributed by atoms with Crippen molar-refractivity contribution in [1.82, 2.24) is 9.97 Å². The molecule has 146 valence electrons.